The number of nitrogens with zero attached hydrogens (tertiary/aromatic N) is 2. The van der Waals surface area contributed by atoms with Crippen molar-refractivity contribution >= 4 is 27.2 Å². The van der Waals surface area contributed by atoms with Gasteiger partial charge in [0, 0.05) is 29.4 Å². The maximum absolute atomic E-state index is 4.61. The molecule has 0 aliphatic carbocycles. The summed E-state index contributed by atoms with van der Waals surface area (Å²) in [7, 11) is 2.04. The summed E-state index contributed by atoms with van der Waals surface area (Å²) in [5.74, 6) is 2.07. The van der Waals surface area contributed by atoms with Crippen LogP contribution in [0.3, 0.4) is 0 Å². The lowest BCUT2D eigenvalue weighted by molar-refractivity contribution is 0.377. The minimum absolute atomic E-state index is 0.880. The Bertz CT molecular complexity index is 529. The summed E-state index contributed by atoms with van der Waals surface area (Å²) in [5.41, 5.74) is 0. The first-order valence-electron chi connectivity index (χ1n) is 7.10. The van der Waals surface area contributed by atoms with E-state index in [1.165, 1.54) is 35.2 Å². The number of hydrogen-bond acceptors (Lipinski definition) is 4. The molecule has 2 aromatic heterocycles. The predicted molar refractivity (Wildman–Crippen MR) is 83.1 cm³/mol. The van der Waals surface area contributed by atoms with E-state index in [0.717, 1.165) is 25.6 Å². The molecule has 0 saturated carbocycles. The smallest absolute Gasteiger partial charge is 0.137 e. The maximum atomic E-state index is 4.61. The van der Waals surface area contributed by atoms with Crippen LogP contribution < -0.4 is 10.2 Å². The van der Waals surface area contributed by atoms with Crippen molar-refractivity contribution < 1.29 is 0 Å². The van der Waals surface area contributed by atoms with Crippen LogP contribution in [0.25, 0.3) is 10.1 Å². The average molecular weight is 275 g/mol. The zero-order chi connectivity index (χ0) is 13.1. The van der Waals surface area contributed by atoms with Gasteiger partial charge in [0.25, 0.3) is 0 Å². The molecule has 0 aromatic carbocycles. The van der Waals surface area contributed by atoms with E-state index >= 15 is 0 Å². The second-order valence-electron chi connectivity index (χ2n) is 5.29. The summed E-state index contributed by atoms with van der Waals surface area (Å²) in [6.45, 7) is 3.44. The van der Waals surface area contributed by atoms with Gasteiger partial charge in [-0.3, -0.25) is 0 Å². The molecule has 0 bridgehead atoms. The molecule has 0 spiro atoms. The van der Waals surface area contributed by atoms with Crippen LogP contribution in [-0.4, -0.2) is 31.7 Å². The molecule has 3 rings (SSSR count). The number of piperidine rings is 1. The zero-order valence-electron chi connectivity index (χ0n) is 11.4. The van der Waals surface area contributed by atoms with Crippen molar-refractivity contribution in [2.45, 2.75) is 19.3 Å². The normalized spacial score (nSPS) is 17.2. The largest absolute Gasteiger partial charge is 0.356 e. The molecule has 1 aliphatic rings. The number of anilines is 1. The molecule has 0 radical (unpaired) electrons. The second-order valence-corrected chi connectivity index (χ2v) is 6.24. The van der Waals surface area contributed by atoms with E-state index in [0.29, 0.717) is 0 Å². The van der Waals surface area contributed by atoms with E-state index in [4.69, 9.17) is 0 Å². The number of pyridine rings is 1. The number of fused-ring (bicyclic) bond motifs is 1. The third kappa shape index (κ3) is 2.74. The van der Waals surface area contributed by atoms with Gasteiger partial charge in [-0.05, 0) is 56.3 Å². The highest BCUT2D eigenvalue weighted by Gasteiger charge is 2.21. The molecule has 1 fully saturated rings. The van der Waals surface area contributed by atoms with Crippen LogP contribution in [-0.2, 0) is 0 Å². The molecule has 1 N–H and O–H groups in total. The van der Waals surface area contributed by atoms with Gasteiger partial charge in [-0.25, -0.2) is 4.98 Å². The van der Waals surface area contributed by atoms with Crippen LogP contribution in [0.2, 0.25) is 0 Å². The molecule has 0 atom stereocenters. The summed E-state index contributed by atoms with van der Waals surface area (Å²) >= 11 is 1.80. The molecular weight excluding hydrogens is 254 g/mol. The van der Waals surface area contributed by atoms with Gasteiger partial charge in [-0.2, -0.15) is 0 Å². The molecule has 0 amide bonds. The van der Waals surface area contributed by atoms with Gasteiger partial charge in [0.15, 0.2) is 0 Å². The summed E-state index contributed by atoms with van der Waals surface area (Å²) in [6, 6.07) is 4.32. The van der Waals surface area contributed by atoms with E-state index in [-0.39, 0.29) is 0 Å². The average Bonchev–Trinajstić information content (AvgIpc) is 2.94. The highest BCUT2D eigenvalue weighted by atomic mass is 32.1. The Hall–Kier alpha value is -1.13. The summed E-state index contributed by atoms with van der Waals surface area (Å²) in [6.07, 6.45) is 5.84. The molecule has 1 aliphatic heterocycles. The van der Waals surface area contributed by atoms with Crippen LogP contribution in [0.4, 0.5) is 5.82 Å². The Kier molecular flexibility index (Phi) is 3.99. The van der Waals surface area contributed by atoms with Crippen molar-refractivity contribution in [1.82, 2.24) is 10.3 Å². The number of thiophene rings is 1. The van der Waals surface area contributed by atoms with Crippen LogP contribution in [0.15, 0.2) is 23.7 Å². The Morgan fingerprint density at radius 1 is 1.37 bits per heavy atom. The Morgan fingerprint density at radius 2 is 2.21 bits per heavy atom. The molecule has 102 valence electrons. The first-order valence-corrected chi connectivity index (χ1v) is 7.98. The van der Waals surface area contributed by atoms with Gasteiger partial charge < -0.3 is 10.2 Å². The van der Waals surface area contributed by atoms with Crippen LogP contribution in [0.1, 0.15) is 19.3 Å². The Morgan fingerprint density at radius 3 is 3.00 bits per heavy atom. The predicted octanol–water partition coefficient (Wildman–Crippen LogP) is 3.12. The fourth-order valence-corrected chi connectivity index (χ4v) is 3.69. The highest BCUT2D eigenvalue weighted by Crippen LogP contribution is 2.31. The molecular formula is C15H21N3S. The van der Waals surface area contributed by atoms with Crippen molar-refractivity contribution in [2.24, 2.45) is 5.92 Å². The first-order chi connectivity index (χ1) is 9.38. The van der Waals surface area contributed by atoms with Crippen molar-refractivity contribution in [3.05, 3.63) is 23.7 Å². The van der Waals surface area contributed by atoms with Gasteiger partial charge >= 0.3 is 0 Å². The van der Waals surface area contributed by atoms with E-state index in [1.54, 1.807) is 11.3 Å². The van der Waals surface area contributed by atoms with Gasteiger partial charge in [0.2, 0.25) is 0 Å². The lowest BCUT2D eigenvalue weighted by Gasteiger charge is -2.33. The SMILES string of the molecule is CNCCC1CCN(c2nccc3sccc23)CC1. The molecule has 2 aromatic rings. The van der Waals surface area contributed by atoms with Crippen molar-refractivity contribution in [1.29, 1.82) is 0 Å². The van der Waals surface area contributed by atoms with Gasteiger partial charge in [-0.1, -0.05) is 0 Å². The van der Waals surface area contributed by atoms with E-state index in [9.17, 15) is 0 Å². The number of rotatable bonds is 4. The zero-order valence-corrected chi connectivity index (χ0v) is 12.2. The third-order valence-electron chi connectivity index (χ3n) is 4.08. The maximum Gasteiger partial charge on any atom is 0.137 e. The number of aromatic nitrogens is 1. The molecule has 4 heteroatoms. The summed E-state index contributed by atoms with van der Waals surface area (Å²) < 4.78 is 1.35. The molecule has 0 unspecified atom stereocenters. The fourth-order valence-electron chi connectivity index (χ4n) is 2.91. The van der Waals surface area contributed by atoms with Crippen molar-refractivity contribution in [2.75, 3.05) is 31.6 Å². The topological polar surface area (TPSA) is 28.2 Å². The van der Waals surface area contributed by atoms with Crippen molar-refractivity contribution in [3.8, 4) is 0 Å². The molecule has 1 saturated heterocycles. The Labute approximate surface area is 118 Å². The fraction of sp³-hybridized carbons (Fsp3) is 0.533. The van der Waals surface area contributed by atoms with Crippen LogP contribution >= 0.6 is 11.3 Å². The van der Waals surface area contributed by atoms with Crippen LogP contribution in [0, 0.1) is 5.92 Å². The minimum atomic E-state index is 0.880. The Balaban J connectivity index is 1.69. The third-order valence-corrected chi connectivity index (χ3v) is 4.96. The number of hydrogen-bond donors (Lipinski definition) is 1. The molecule has 19 heavy (non-hydrogen) atoms. The highest BCUT2D eigenvalue weighted by molar-refractivity contribution is 7.17. The van der Waals surface area contributed by atoms with E-state index in [1.807, 2.05) is 13.2 Å². The summed E-state index contributed by atoms with van der Waals surface area (Å²) in [5, 5.41) is 6.74. The monoisotopic (exact) mass is 275 g/mol. The number of nitrogens with one attached hydrogen (secondary N) is 1. The van der Waals surface area contributed by atoms with Crippen molar-refractivity contribution in [3.63, 3.8) is 0 Å². The van der Waals surface area contributed by atoms with E-state index in [2.05, 4.69) is 32.7 Å². The second kappa shape index (κ2) is 5.88. The standard InChI is InChI=1S/C15H21N3S/c1-16-7-2-12-4-9-18(10-5-12)15-13-6-11-19-14(13)3-8-17-15/h3,6,8,11-12,16H,2,4-5,7,9-10H2,1H3. The van der Waals surface area contributed by atoms with Gasteiger partial charge in [-0.15, -0.1) is 11.3 Å². The molecule has 3 nitrogen and oxygen atoms in total. The van der Waals surface area contributed by atoms with Gasteiger partial charge in [0.1, 0.15) is 5.82 Å². The summed E-state index contributed by atoms with van der Waals surface area (Å²) in [4.78, 5) is 7.07. The van der Waals surface area contributed by atoms with E-state index < -0.39 is 0 Å². The van der Waals surface area contributed by atoms with Gasteiger partial charge in [0.05, 0.1) is 0 Å². The minimum Gasteiger partial charge on any atom is -0.356 e. The first kappa shape index (κ1) is 12.9. The quantitative estimate of drug-likeness (QED) is 0.929. The lowest BCUT2D eigenvalue weighted by atomic mass is 9.93. The van der Waals surface area contributed by atoms with Crippen LogP contribution in [0.5, 0.6) is 0 Å². The molecule has 3 heterocycles. The lowest BCUT2D eigenvalue weighted by Crippen LogP contribution is -2.35.